The predicted octanol–water partition coefficient (Wildman–Crippen LogP) is 2.11. The summed E-state index contributed by atoms with van der Waals surface area (Å²) >= 11 is 1.62. The summed E-state index contributed by atoms with van der Waals surface area (Å²) in [6.45, 7) is 10.3. The normalized spacial score (nSPS) is 11.4. The Labute approximate surface area is 107 Å². The molecule has 0 aromatic carbocycles. The molecule has 96 valence electrons. The molecule has 0 aliphatic rings. The number of nitrogens with one attached hydrogen (secondary N) is 1. The molecule has 1 N–H and O–H groups in total. The molecule has 5 heteroatoms. The van der Waals surface area contributed by atoms with E-state index in [4.69, 9.17) is 0 Å². The van der Waals surface area contributed by atoms with Crippen molar-refractivity contribution in [1.82, 2.24) is 10.3 Å². The molecule has 0 aliphatic carbocycles. The SMILES string of the molecule is Cc1nc(N(C)CC(=O)NC(C)(C)C)sc1C. The highest BCUT2D eigenvalue weighted by Crippen LogP contribution is 2.23. The van der Waals surface area contributed by atoms with Gasteiger partial charge in [0.15, 0.2) is 5.13 Å². The van der Waals surface area contributed by atoms with Gasteiger partial charge in [-0.15, -0.1) is 11.3 Å². The first-order valence-electron chi connectivity index (χ1n) is 5.65. The minimum absolute atomic E-state index is 0.0190. The predicted molar refractivity (Wildman–Crippen MR) is 72.8 cm³/mol. The first-order valence-corrected chi connectivity index (χ1v) is 6.47. The fourth-order valence-electron chi connectivity index (χ4n) is 1.36. The lowest BCUT2D eigenvalue weighted by Crippen LogP contribution is -2.45. The highest BCUT2D eigenvalue weighted by Gasteiger charge is 2.16. The zero-order valence-electron chi connectivity index (χ0n) is 11.4. The van der Waals surface area contributed by atoms with Crippen molar-refractivity contribution < 1.29 is 4.79 Å². The minimum Gasteiger partial charge on any atom is -0.350 e. The lowest BCUT2D eigenvalue weighted by molar-refractivity contribution is -0.121. The van der Waals surface area contributed by atoms with Gasteiger partial charge in [-0.2, -0.15) is 0 Å². The van der Waals surface area contributed by atoms with Crippen LogP contribution >= 0.6 is 11.3 Å². The molecule has 0 fully saturated rings. The third-order valence-electron chi connectivity index (χ3n) is 2.24. The van der Waals surface area contributed by atoms with Crippen LogP contribution in [-0.2, 0) is 4.79 Å². The third-order valence-corrected chi connectivity index (χ3v) is 3.43. The summed E-state index contributed by atoms with van der Waals surface area (Å²) in [4.78, 5) is 19.3. The topological polar surface area (TPSA) is 45.2 Å². The van der Waals surface area contributed by atoms with Gasteiger partial charge in [0.2, 0.25) is 5.91 Å². The average Bonchev–Trinajstić information content (AvgIpc) is 2.43. The molecule has 0 spiro atoms. The molecule has 0 saturated carbocycles. The molecule has 0 saturated heterocycles. The molecule has 17 heavy (non-hydrogen) atoms. The number of likely N-dealkylation sites (N-methyl/N-ethyl adjacent to an activating group) is 1. The van der Waals surface area contributed by atoms with E-state index >= 15 is 0 Å². The van der Waals surface area contributed by atoms with E-state index in [1.807, 2.05) is 46.6 Å². The molecular weight excluding hydrogens is 234 g/mol. The summed E-state index contributed by atoms with van der Waals surface area (Å²) in [6, 6.07) is 0. The second-order valence-electron chi connectivity index (χ2n) is 5.29. The van der Waals surface area contributed by atoms with Crippen LogP contribution in [0.5, 0.6) is 0 Å². The van der Waals surface area contributed by atoms with E-state index in [1.165, 1.54) is 4.88 Å². The highest BCUT2D eigenvalue weighted by atomic mass is 32.1. The Morgan fingerprint density at radius 2 is 2.00 bits per heavy atom. The van der Waals surface area contributed by atoms with E-state index in [2.05, 4.69) is 10.3 Å². The number of hydrogen-bond donors (Lipinski definition) is 1. The second kappa shape index (κ2) is 5.04. The van der Waals surface area contributed by atoms with E-state index in [-0.39, 0.29) is 11.4 Å². The van der Waals surface area contributed by atoms with Gasteiger partial charge in [0.1, 0.15) is 0 Å². The van der Waals surface area contributed by atoms with Gasteiger partial charge in [-0.1, -0.05) is 0 Å². The van der Waals surface area contributed by atoms with Gasteiger partial charge in [0.25, 0.3) is 0 Å². The zero-order valence-corrected chi connectivity index (χ0v) is 12.2. The fraction of sp³-hybridized carbons (Fsp3) is 0.667. The Bertz CT molecular complexity index is 387. The van der Waals surface area contributed by atoms with Gasteiger partial charge in [0.05, 0.1) is 12.2 Å². The number of rotatable bonds is 3. The molecule has 1 aromatic rings. The number of amides is 1. The van der Waals surface area contributed by atoms with Gasteiger partial charge in [-0.3, -0.25) is 4.79 Å². The summed E-state index contributed by atoms with van der Waals surface area (Å²) in [5.41, 5.74) is 0.847. The quantitative estimate of drug-likeness (QED) is 0.899. The molecule has 0 radical (unpaired) electrons. The van der Waals surface area contributed by atoms with Crippen LogP contribution in [0, 0.1) is 13.8 Å². The summed E-state index contributed by atoms with van der Waals surface area (Å²) in [5, 5.41) is 3.83. The van der Waals surface area contributed by atoms with Crippen molar-refractivity contribution in [2.75, 3.05) is 18.5 Å². The van der Waals surface area contributed by atoms with Crippen molar-refractivity contribution in [3.8, 4) is 0 Å². The van der Waals surface area contributed by atoms with Crippen molar-refractivity contribution in [1.29, 1.82) is 0 Å². The number of nitrogens with zero attached hydrogens (tertiary/aromatic N) is 2. The molecule has 4 nitrogen and oxygen atoms in total. The molecule has 0 bridgehead atoms. The van der Waals surface area contributed by atoms with Crippen molar-refractivity contribution in [2.24, 2.45) is 0 Å². The van der Waals surface area contributed by atoms with E-state index in [9.17, 15) is 4.79 Å². The van der Waals surface area contributed by atoms with Crippen LogP contribution in [0.3, 0.4) is 0 Å². The maximum absolute atomic E-state index is 11.8. The summed E-state index contributed by atoms with van der Waals surface area (Å²) in [5.74, 6) is 0.0190. The van der Waals surface area contributed by atoms with Gasteiger partial charge in [-0.05, 0) is 34.6 Å². The Balaban J connectivity index is 2.60. The maximum atomic E-state index is 11.8. The zero-order chi connectivity index (χ0) is 13.2. The summed E-state index contributed by atoms with van der Waals surface area (Å²) in [6.07, 6.45) is 0. The molecule has 1 aromatic heterocycles. The molecule has 0 aliphatic heterocycles. The Morgan fingerprint density at radius 1 is 1.41 bits per heavy atom. The van der Waals surface area contributed by atoms with Crippen LogP contribution in [0.15, 0.2) is 0 Å². The van der Waals surface area contributed by atoms with Gasteiger partial charge < -0.3 is 10.2 Å². The number of carbonyl (C=O) groups is 1. The number of aromatic nitrogens is 1. The smallest absolute Gasteiger partial charge is 0.239 e. The van der Waals surface area contributed by atoms with E-state index in [0.717, 1.165) is 10.8 Å². The number of carbonyl (C=O) groups excluding carboxylic acids is 1. The van der Waals surface area contributed by atoms with Crippen LogP contribution in [0.4, 0.5) is 5.13 Å². The van der Waals surface area contributed by atoms with E-state index in [1.54, 1.807) is 11.3 Å². The second-order valence-corrected chi connectivity index (χ2v) is 6.47. The van der Waals surface area contributed by atoms with E-state index in [0.29, 0.717) is 6.54 Å². The monoisotopic (exact) mass is 255 g/mol. The molecule has 0 unspecified atom stereocenters. The van der Waals surface area contributed by atoms with Crippen molar-refractivity contribution >= 4 is 22.4 Å². The van der Waals surface area contributed by atoms with Gasteiger partial charge in [0, 0.05) is 17.5 Å². The lowest BCUT2D eigenvalue weighted by Gasteiger charge is -2.23. The molecular formula is C12H21N3OS. The van der Waals surface area contributed by atoms with E-state index < -0.39 is 0 Å². The molecule has 0 atom stereocenters. The number of anilines is 1. The maximum Gasteiger partial charge on any atom is 0.239 e. The Hall–Kier alpha value is -1.10. The summed E-state index contributed by atoms with van der Waals surface area (Å²) < 4.78 is 0. The Morgan fingerprint density at radius 3 is 2.41 bits per heavy atom. The average molecular weight is 255 g/mol. The Kier molecular flexibility index (Phi) is 4.14. The highest BCUT2D eigenvalue weighted by molar-refractivity contribution is 7.15. The van der Waals surface area contributed by atoms with Crippen molar-refractivity contribution in [3.05, 3.63) is 10.6 Å². The fourth-order valence-corrected chi connectivity index (χ4v) is 2.23. The molecule has 1 amide bonds. The lowest BCUT2D eigenvalue weighted by atomic mass is 10.1. The molecule has 1 rings (SSSR count). The standard InChI is InChI=1S/C12H21N3OS/c1-8-9(2)17-11(13-8)15(6)7-10(16)14-12(3,4)5/h7H2,1-6H3,(H,14,16). The van der Waals surface area contributed by atoms with Crippen LogP contribution in [0.2, 0.25) is 0 Å². The number of hydrogen-bond acceptors (Lipinski definition) is 4. The van der Waals surface area contributed by atoms with Crippen LogP contribution in [-0.4, -0.2) is 30.0 Å². The largest absolute Gasteiger partial charge is 0.350 e. The van der Waals surface area contributed by atoms with Crippen LogP contribution in [0.25, 0.3) is 0 Å². The number of thiazole rings is 1. The first kappa shape index (κ1) is 14.0. The minimum atomic E-state index is -0.188. The summed E-state index contributed by atoms with van der Waals surface area (Å²) in [7, 11) is 1.89. The van der Waals surface area contributed by atoms with Gasteiger partial charge in [-0.25, -0.2) is 4.98 Å². The number of aryl methyl sites for hydroxylation is 2. The van der Waals surface area contributed by atoms with Crippen molar-refractivity contribution in [3.63, 3.8) is 0 Å². The first-order chi connectivity index (χ1) is 7.69. The molecule has 1 heterocycles. The van der Waals surface area contributed by atoms with Crippen LogP contribution in [0.1, 0.15) is 31.3 Å². The van der Waals surface area contributed by atoms with Crippen LogP contribution < -0.4 is 10.2 Å². The van der Waals surface area contributed by atoms with Gasteiger partial charge >= 0.3 is 0 Å². The van der Waals surface area contributed by atoms with Crippen molar-refractivity contribution in [2.45, 2.75) is 40.2 Å². The third kappa shape index (κ3) is 4.34.